The number of aliphatic hydroxyl groups excluding tert-OH is 1. The van der Waals surface area contributed by atoms with Crippen molar-refractivity contribution in [3.8, 4) is 0 Å². The molecular weight excluding hydrogens is 305 g/mol. The first-order chi connectivity index (χ1) is 10.8. The number of hydrogen-bond donors (Lipinski definition) is 1. The van der Waals surface area contributed by atoms with E-state index in [0.29, 0.717) is 31.1 Å². The van der Waals surface area contributed by atoms with Gasteiger partial charge in [0.2, 0.25) is 0 Å². The molecule has 1 aromatic carbocycles. The fraction of sp³-hybridized carbons (Fsp3) is 0.647. The van der Waals surface area contributed by atoms with Crippen molar-refractivity contribution in [1.82, 2.24) is 9.80 Å². The first-order valence-electron chi connectivity index (χ1n) is 8.07. The number of halogens is 3. The molecule has 0 spiro atoms. The molecule has 1 fully saturated rings. The van der Waals surface area contributed by atoms with Crippen LogP contribution in [0.25, 0.3) is 0 Å². The van der Waals surface area contributed by atoms with Crippen molar-refractivity contribution < 1.29 is 18.3 Å². The molecular formula is C17H25F3N2O. The molecule has 6 heteroatoms. The van der Waals surface area contributed by atoms with Gasteiger partial charge >= 0.3 is 6.18 Å². The standard InChI is InChI=1S/C17H25F3N2O/c1-13(2)22-9-8-21(12-15(22)7-10-23)11-14-5-3-4-6-16(14)17(18,19)20/h3-6,13,15,23H,7-12H2,1-2H3/t15-/m1/s1. The van der Waals surface area contributed by atoms with Crippen LogP contribution in [0.2, 0.25) is 0 Å². The Morgan fingerprint density at radius 1 is 1.22 bits per heavy atom. The van der Waals surface area contributed by atoms with Crippen LogP contribution < -0.4 is 0 Å². The number of alkyl halides is 3. The average Bonchev–Trinajstić information content (AvgIpc) is 2.47. The molecule has 0 amide bonds. The van der Waals surface area contributed by atoms with Gasteiger partial charge in [0.25, 0.3) is 0 Å². The number of benzene rings is 1. The summed E-state index contributed by atoms with van der Waals surface area (Å²) in [4.78, 5) is 4.38. The zero-order valence-corrected chi connectivity index (χ0v) is 13.7. The Morgan fingerprint density at radius 2 is 1.91 bits per heavy atom. The fourth-order valence-corrected chi connectivity index (χ4v) is 3.34. The van der Waals surface area contributed by atoms with E-state index in [1.807, 2.05) is 0 Å². The van der Waals surface area contributed by atoms with Gasteiger partial charge in [-0.2, -0.15) is 13.2 Å². The number of hydrogen-bond acceptors (Lipinski definition) is 3. The third kappa shape index (κ3) is 4.68. The Hall–Kier alpha value is -1.11. The average molecular weight is 330 g/mol. The van der Waals surface area contributed by atoms with Crippen LogP contribution in [0.1, 0.15) is 31.4 Å². The first-order valence-corrected chi connectivity index (χ1v) is 8.07. The first kappa shape index (κ1) is 18.2. The lowest BCUT2D eigenvalue weighted by molar-refractivity contribution is -0.138. The van der Waals surface area contributed by atoms with Crippen molar-refractivity contribution >= 4 is 0 Å². The quantitative estimate of drug-likeness (QED) is 0.899. The van der Waals surface area contributed by atoms with E-state index >= 15 is 0 Å². The lowest BCUT2D eigenvalue weighted by Gasteiger charge is -2.43. The molecule has 130 valence electrons. The number of nitrogens with zero attached hydrogens (tertiary/aromatic N) is 2. The fourth-order valence-electron chi connectivity index (χ4n) is 3.34. The van der Waals surface area contributed by atoms with E-state index in [2.05, 4.69) is 23.6 Å². The van der Waals surface area contributed by atoms with Gasteiger partial charge in [0, 0.05) is 44.9 Å². The molecule has 1 aromatic rings. The van der Waals surface area contributed by atoms with Crippen LogP contribution in [0.5, 0.6) is 0 Å². The molecule has 3 nitrogen and oxygen atoms in total. The highest BCUT2D eigenvalue weighted by atomic mass is 19.4. The molecule has 0 unspecified atom stereocenters. The van der Waals surface area contributed by atoms with Crippen LogP contribution in [0.4, 0.5) is 13.2 Å². The van der Waals surface area contributed by atoms with E-state index in [1.54, 1.807) is 12.1 Å². The normalized spacial score (nSPS) is 21.1. The van der Waals surface area contributed by atoms with Crippen LogP contribution in [-0.2, 0) is 12.7 Å². The zero-order valence-electron chi connectivity index (χ0n) is 13.7. The Morgan fingerprint density at radius 3 is 2.52 bits per heavy atom. The van der Waals surface area contributed by atoms with E-state index in [0.717, 1.165) is 19.2 Å². The van der Waals surface area contributed by atoms with Crippen LogP contribution in [-0.4, -0.2) is 53.2 Å². The maximum atomic E-state index is 13.1. The van der Waals surface area contributed by atoms with E-state index in [9.17, 15) is 18.3 Å². The highest BCUT2D eigenvalue weighted by Crippen LogP contribution is 2.32. The van der Waals surface area contributed by atoms with Gasteiger partial charge in [0.05, 0.1) is 5.56 Å². The van der Waals surface area contributed by atoms with Gasteiger partial charge in [-0.25, -0.2) is 0 Å². The van der Waals surface area contributed by atoms with Crippen molar-refractivity contribution in [2.45, 2.75) is 45.1 Å². The van der Waals surface area contributed by atoms with E-state index in [4.69, 9.17) is 0 Å². The summed E-state index contributed by atoms with van der Waals surface area (Å²) in [7, 11) is 0. The second-order valence-electron chi connectivity index (χ2n) is 6.39. The second-order valence-corrected chi connectivity index (χ2v) is 6.39. The van der Waals surface area contributed by atoms with Gasteiger partial charge in [-0.15, -0.1) is 0 Å². The van der Waals surface area contributed by atoms with Crippen molar-refractivity contribution in [3.63, 3.8) is 0 Å². The molecule has 1 aliphatic rings. The van der Waals surface area contributed by atoms with E-state index in [-0.39, 0.29) is 12.6 Å². The summed E-state index contributed by atoms with van der Waals surface area (Å²) in [5.74, 6) is 0. The van der Waals surface area contributed by atoms with E-state index in [1.165, 1.54) is 6.07 Å². The molecule has 0 aromatic heterocycles. The summed E-state index contributed by atoms with van der Waals surface area (Å²) >= 11 is 0. The number of piperazine rings is 1. The van der Waals surface area contributed by atoms with Crippen molar-refractivity contribution in [1.29, 1.82) is 0 Å². The van der Waals surface area contributed by atoms with Gasteiger partial charge in [-0.1, -0.05) is 18.2 Å². The molecule has 0 aliphatic carbocycles. The molecule has 0 bridgehead atoms. The van der Waals surface area contributed by atoms with Crippen LogP contribution in [0.15, 0.2) is 24.3 Å². The molecule has 2 rings (SSSR count). The zero-order chi connectivity index (χ0) is 17.0. The van der Waals surface area contributed by atoms with Crippen molar-refractivity contribution in [3.05, 3.63) is 35.4 Å². The maximum Gasteiger partial charge on any atom is 0.416 e. The Balaban J connectivity index is 2.10. The minimum atomic E-state index is -4.32. The SMILES string of the molecule is CC(C)N1CCN(Cc2ccccc2C(F)(F)F)C[C@H]1CCO. The van der Waals surface area contributed by atoms with Crippen LogP contribution in [0, 0.1) is 0 Å². The van der Waals surface area contributed by atoms with Gasteiger partial charge in [-0.3, -0.25) is 9.80 Å². The van der Waals surface area contributed by atoms with Crippen LogP contribution in [0.3, 0.4) is 0 Å². The van der Waals surface area contributed by atoms with Crippen molar-refractivity contribution in [2.24, 2.45) is 0 Å². The third-order valence-corrected chi connectivity index (χ3v) is 4.45. The second kappa shape index (κ2) is 7.64. The van der Waals surface area contributed by atoms with Crippen LogP contribution >= 0.6 is 0 Å². The molecule has 0 radical (unpaired) electrons. The predicted molar refractivity (Wildman–Crippen MR) is 84.1 cm³/mol. The molecule has 1 saturated heterocycles. The molecule has 23 heavy (non-hydrogen) atoms. The lowest BCUT2D eigenvalue weighted by atomic mass is 10.0. The number of aliphatic hydroxyl groups is 1. The molecule has 0 saturated carbocycles. The van der Waals surface area contributed by atoms with Gasteiger partial charge < -0.3 is 5.11 Å². The highest BCUT2D eigenvalue weighted by molar-refractivity contribution is 5.29. The topological polar surface area (TPSA) is 26.7 Å². The Bertz CT molecular complexity index is 505. The lowest BCUT2D eigenvalue weighted by Crippen LogP contribution is -2.55. The molecule has 1 atom stereocenters. The van der Waals surface area contributed by atoms with Crippen molar-refractivity contribution in [2.75, 3.05) is 26.2 Å². The Labute approximate surface area is 135 Å². The van der Waals surface area contributed by atoms with E-state index < -0.39 is 11.7 Å². The summed E-state index contributed by atoms with van der Waals surface area (Å²) in [6.07, 6.45) is -3.67. The predicted octanol–water partition coefficient (Wildman–Crippen LogP) is 2.98. The summed E-state index contributed by atoms with van der Waals surface area (Å²) in [5, 5.41) is 9.25. The van der Waals surface area contributed by atoms with Gasteiger partial charge in [0.15, 0.2) is 0 Å². The molecule has 1 heterocycles. The maximum absolute atomic E-state index is 13.1. The minimum absolute atomic E-state index is 0.0981. The van der Waals surface area contributed by atoms with Gasteiger partial charge in [0.1, 0.15) is 0 Å². The molecule has 1 N–H and O–H groups in total. The summed E-state index contributed by atoms with van der Waals surface area (Å²) < 4.78 is 39.3. The summed E-state index contributed by atoms with van der Waals surface area (Å²) in [5.41, 5.74) is -0.231. The number of rotatable bonds is 5. The third-order valence-electron chi connectivity index (χ3n) is 4.45. The Kier molecular flexibility index (Phi) is 6.06. The monoisotopic (exact) mass is 330 g/mol. The minimum Gasteiger partial charge on any atom is -0.396 e. The smallest absolute Gasteiger partial charge is 0.396 e. The summed E-state index contributed by atoms with van der Waals surface area (Å²) in [6.45, 7) is 6.86. The largest absolute Gasteiger partial charge is 0.416 e. The highest BCUT2D eigenvalue weighted by Gasteiger charge is 2.34. The summed E-state index contributed by atoms with van der Waals surface area (Å²) in [6, 6.07) is 6.34. The molecule has 1 aliphatic heterocycles. The van der Waals surface area contributed by atoms with Gasteiger partial charge in [-0.05, 0) is 31.9 Å².